The van der Waals surface area contributed by atoms with Crippen molar-refractivity contribution < 1.29 is 9.72 Å². The second-order valence-electron chi connectivity index (χ2n) is 6.27. The van der Waals surface area contributed by atoms with Crippen LogP contribution in [0.25, 0.3) is 11.3 Å². The summed E-state index contributed by atoms with van der Waals surface area (Å²) in [6.07, 6.45) is 0.915. The van der Waals surface area contributed by atoms with Crippen molar-refractivity contribution in [1.82, 2.24) is 4.98 Å². The van der Waals surface area contributed by atoms with Crippen molar-refractivity contribution in [1.29, 1.82) is 0 Å². The number of hydrogen-bond acceptors (Lipinski definition) is 6. The minimum atomic E-state index is -0.455. The molecule has 0 aliphatic carbocycles. The molecule has 0 aliphatic rings. The van der Waals surface area contributed by atoms with E-state index in [4.69, 9.17) is 0 Å². The lowest BCUT2D eigenvalue weighted by atomic mass is 10.1. The van der Waals surface area contributed by atoms with Gasteiger partial charge in [-0.3, -0.25) is 14.9 Å². The number of anilines is 2. The SMILES string of the molecule is CC[C@@H](C)Nc1nc(-c2ccc([N+](=O)[O-])cc2)c(C(=O)Nc2ccccc2)s1. The molecule has 8 heteroatoms. The molecule has 1 amide bonds. The third-order valence-corrected chi connectivity index (χ3v) is 5.18. The minimum Gasteiger partial charge on any atom is -0.359 e. The predicted molar refractivity (Wildman–Crippen MR) is 112 cm³/mol. The highest BCUT2D eigenvalue weighted by molar-refractivity contribution is 7.18. The predicted octanol–water partition coefficient (Wildman–Crippen LogP) is 5.18. The zero-order chi connectivity index (χ0) is 20.1. The van der Waals surface area contributed by atoms with Crippen LogP contribution in [0.5, 0.6) is 0 Å². The molecule has 1 aromatic heterocycles. The van der Waals surface area contributed by atoms with Gasteiger partial charge in [0.05, 0.1) is 10.6 Å². The lowest BCUT2D eigenvalue weighted by Crippen LogP contribution is -2.12. The standard InChI is InChI=1S/C20H20N4O3S/c1-3-13(2)21-20-23-17(14-9-11-16(12-10-14)24(26)27)18(28-20)19(25)22-15-7-5-4-6-8-15/h4-13H,3H2,1-2H3,(H,21,23)(H,22,25)/t13-/m1/s1. The van der Waals surface area contributed by atoms with Gasteiger partial charge < -0.3 is 10.6 Å². The van der Waals surface area contributed by atoms with E-state index in [9.17, 15) is 14.9 Å². The van der Waals surface area contributed by atoms with E-state index < -0.39 is 4.92 Å². The molecule has 1 heterocycles. The molecule has 0 radical (unpaired) electrons. The Bertz CT molecular complexity index is 971. The first-order valence-electron chi connectivity index (χ1n) is 8.86. The van der Waals surface area contributed by atoms with Gasteiger partial charge >= 0.3 is 0 Å². The number of amides is 1. The van der Waals surface area contributed by atoms with E-state index in [1.54, 1.807) is 12.1 Å². The zero-order valence-corrected chi connectivity index (χ0v) is 16.3. The van der Waals surface area contributed by atoms with Crippen LogP contribution in [0.1, 0.15) is 29.9 Å². The molecule has 0 unspecified atom stereocenters. The van der Waals surface area contributed by atoms with Crippen LogP contribution in [0, 0.1) is 10.1 Å². The molecular weight excluding hydrogens is 376 g/mol. The molecule has 2 aromatic carbocycles. The van der Waals surface area contributed by atoms with Gasteiger partial charge in [-0.25, -0.2) is 4.98 Å². The van der Waals surface area contributed by atoms with Crippen LogP contribution in [0.2, 0.25) is 0 Å². The molecule has 2 N–H and O–H groups in total. The molecule has 0 saturated carbocycles. The van der Waals surface area contributed by atoms with Crippen LogP contribution in [-0.4, -0.2) is 21.9 Å². The number of thiazole rings is 1. The van der Waals surface area contributed by atoms with E-state index in [0.29, 0.717) is 27.0 Å². The fraction of sp³-hybridized carbons (Fsp3) is 0.200. The topological polar surface area (TPSA) is 97.2 Å². The number of rotatable bonds is 7. The number of nitro benzene ring substituents is 1. The number of nitro groups is 1. The zero-order valence-electron chi connectivity index (χ0n) is 15.5. The van der Waals surface area contributed by atoms with Gasteiger partial charge in [-0.2, -0.15) is 0 Å². The Morgan fingerprint density at radius 2 is 1.86 bits per heavy atom. The average Bonchev–Trinajstić information content (AvgIpc) is 3.12. The number of benzene rings is 2. The number of nitrogens with zero attached hydrogens (tertiary/aromatic N) is 2. The monoisotopic (exact) mass is 396 g/mol. The number of nitrogens with one attached hydrogen (secondary N) is 2. The highest BCUT2D eigenvalue weighted by atomic mass is 32.1. The third-order valence-electron chi connectivity index (χ3n) is 4.20. The molecule has 0 saturated heterocycles. The first-order valence-corrected chi connectivity index (χ1v) is 9.68. The summed E-state index contributed by atoms with van der Waals surface area (Å²) in [5, 5.41) is 17.7. The average molecular weight is 396 g/mol. The van der Waals surface area contributed by atoms with Gasteiger partial charge in [0.15, 0.2) is 5.13 Å². The molecule has 3 rings (SSSR count). The van der Waals surface area contributed by atoms with Gasteiger partial charge in [-0.15, -0.1) is 0 Å². The summed E-state index contributed by atoms with van der Waals surface area (Å²) in [4.78, 5) is 28.4. The Hall–Kier alpha value is -3.26. The quantitative estimate of drug-likeness (QED) is 0.423. The number of aromatic nitrogens is 1. The Balaban J connectivity index is 1.96. The van der Waals surface area contributed by atoms with Gasteiger partial charge in [0.25, 0.3) is 11.6 Å². The molecular formula is C20H20N4O3S. The number of para-hydroxylation sites is 1. The van der Waals surface area contributed by atoms with Crippen LogP contribution in [-0.2, 0) is 0 Å². The van der Waals surface area contributed by atoms with Crippen molar-refractivity contribution in [3.63, 3.8) is 0 Å². The number of carbonyl (C=O) groups excluding carboxylic acids is 1. The van der Waals surface area contributed by atoms with Gasteiger partial charge in [0, 0.05) is 29.4 Å². The van der Waals surface area contributed by atoms with Gasteiger partial charge in [0.2, 0.25) is 0 Å². The smallest absolute Gasteiger partial charge is 0.269 e. The summed E-state index contributed by atoms with van der Waals surface area (Å²) in [6, 6.07) is 15.4. The van der Waals surface area contributed by atoms with Crippen molar-refractivity contribution in [3.8, 4) is 11.3 Å². The molecule has 28 heavy (non-hydrogen) atoms. The second kappa shape index (κ2) is 8.62. The van der Waals surface area contributed by atoms with Crippen molar-refractivity contribution in [2.45, 2.75) is 26.3 Å². The highest BCUT2D eigenvalue weighted by Crippen LogP contribution is 2.33. The summed E-state index contributed by atoms with van der Waals surface area (Å²) >= 11 is 1.27. The van der Waals surface area contributed by atoms with Crippen LogP contribution in [0.4, 0.5) is 16.5 Å². The van der Waals surface area contributed by atoms with Crippen molar-refractivity contribution in [2.24, 2.45) is 0 Å². The molecule has 0 bridgehead atoms. The second-order valence-corrected chi connectivity index (χ2v) is 7.27. The van der Waals surface area contributed by atoms with E-state index in [0.717, 1.165) is 6.42 Å². The maximum Gasteiger partial charge on any atom is 0.269 e. The van der Waals surface area contributed by atoms with Crippen molar-refractivity contribution in [2.75, 3.05) is 10.6 Å². The van der Waals surface area contributed by atoms with Crippen molar-refractivity contribution in [3.05, 3.63) is 69.6 Å². The molecule has 7 nitrogen and oxygen atoms in total. The first-order chi connectivity index (χ1) is 13.5. The maximum absolute atomic E-state index is 12.9. The molecule has 0 aliphatic heterocycles. The van der Waals surface area contributed by atoms with Crippen LogP contribution < -0.4 is 10.6 Å². The molecule has 0 fully saturated rings. The Morgan fingerprint density at radius 1 is 1.18 bits per heavy atom. The van der Waals surface area contributed by atoms with Crippen LogP contribution in [0.15, 0.2) is 54.6 Å². The Kier molecular flexibility index (Phi) is 6.00. The highest BCUT2D eigenvalue weighted by Gasteiger charge is 2.21. The lowest BCUT2D eigenvalue weighted by Gasteiger charge is -2.08. The summed E-state index contributed by atoms with van der Waals surface area (Å²) < 4.78 is 0. The first kappa shape index (κ1) is 19.5. The third kappa shape index (κ3) is 4.52. The molecule has 1 atom stereocenters. The number of hydrogen-bond donors (Lipinski definition) is 2. The van der Waals surface area contributed by atoms with E-state index in [1.807, 2.05) is 37.3 Å². The Labute approximate surface area is 166 Å². The number of non-ortho nitro benzene ring substituents is 1. The summed E-state index contributed by atoms with van der Waals surface area (Å²) in [6.45, 7) is 4.10. The lowest BCUT2D eigenvalue weighted by molar-refractivity contribution is -0.384. The fourth-order valence-electron chi connectivity index (χ4n) is 2.49. The van der Waals surface area contributed by atoms with E-state index in [-0.39, 0.29) is 17.6 Å². The van der Waals surface area contributed by atoms with Gasteiger partial charge in [-0.05, 0) is 37.6 Å². The molecule has 144 valence electrons. The normalized spacial score (nSPS) is 11.6. The fourth-order valence-corrected chi connectivity index (χ4v) is 3.49. The van der Waals surface area contributed by atoms with Crippen LogP contribution >= 0.6 is 11.3 Å². The minimum absolute atomic E-state index is 0.00720. The number of carbonyl (C=O) groups is 1. The summed E-state index contributed by atoms with van der Waals surface area (Å²) in [5.41, 5.74) is 1.83. The Morgan fingerprint density at radius 3 is 2.46 bits per heavy atom. The van der Waals surface area contributed by atoms with Crippen molar-refractivity contribution >= 4 is 33.8 Å². The van der Waals surface area contributed by atoms with E-state index in [1.165, 1.54) is 23.5 Å². The maximum atomic E-state index is 12.9. The van der Waals surface area contributed by atoms with E-state index in [2.05, 4.69) is 22.5 Å². The summed E-state index contributed by atoms with van der Waals surface area (Å²) in [5.74, 6) is -0.269. The molecule has 0 spiro atoms. The molecule has 3 aromatic rings. The largest absolute Gasteiger partial charge is 0.359 e. The summed E-state index contributed by atoms with van der Waals surface area (Å²) in [7, 11) is 0. The van der Waals surface area contributed by atoms with E-state index >= 15 is 0 Å². The van der Waals surface area contributed by atoms with Gasteiger partial charge in [0.1, 0.15) is 4.88 Å². The van der Waals surface area contributed by atoms with Crippen LogP contribution in [0.3, 0.4) is 0 Å². The van der Waals surface area contributed by atoms with Gasteiger partial charge in [-0.1, -0.05) is 36.5 Å².